The summed E-state index contributed by atoms with van der Waals surface area (Å²) in [5.74, 6) is 0.467. The van der Waals surface area contributed by atoms with E-state index in [0.29, 0.717) is 18.1 Å². The van der Waals surface area contributed by atoms with E-state index in [2.05, 4.69) is 20.8 Å². The minimum Gasteiger partial charge on any atom is -0.466 e. The van der Waals surface area contributed by atoms with Gasteiger partial charge in [0.1, 0.15) is 5.76 Å². The van der Waals surface area contributed by atoms with E-state index in [-0.39, 0.29) is 6.54 Å². The minimum atomic E-state index is -1.20. The monoisotopic (exact) mass is 304 g/mol. The van der Waals surface area contributed by atoms with Crippen LogP contribution in [-0.2, 0) is 23.4 Å². The Balaban J connectivity index is 1.85. The largest absolute Gasteiger partial charge is 0.466 e. The van der Waals surface area contributed by atoms with Crippen molar-refractivity contribution in [3.63, 3.8) is 0 Å². The number of aromatic nitrogens is 4. The van der Waals surface area contributed by atoms with Crippen molar-refractivity contribution in [1.29, 1.82) is 0 Å². The molecule has 9 nitrogen and oxygen atoms in total. The molecule has 3 amide bonds. The summed E-state index contributed by atoms with van der Waals surface area (Å²) >= 11 is 0. The predicted molar refractivity (Wildman–Crippen MR) is 73.2 cm³/mol. The number of carbonyl (C=O) groups excluding carboxylic acids is 2. The van der Waals surface area contributed by atoms with Gasteiger partial charge >= 0.3 is 6.03 Å². The summed E-state index contributed by atoms with van der Waals surface area (Å²) in [4.78, 5) is 25.9. The topological polar surface area (TPSA) is 106 Å². The number of amides is 3. The number of rotatable bonds is 5. The molecule has 1 N–H and O–H groups in total. The fourth-order valence-corrected chi connectivity index (χ4v) is 2.43. The molecule has 0 aliphatic carbocycles. The highest BCUT2D eigenvalue weighted by atomic mass is 16.3. The summed E-state index contributed by atoms with van der Waals surface area (Å²) in [6.45, 7) is 4.25. The molecule has 1 atom stereocenters. The number of tetrazole rings is 1. The van der Waals surface area contributed by atoms with Gasteiger partial charge in [0, 0.05) is 6.54 Å². The van der Waals surface area contributed by atoms with Crippen LogP contribution in [0.1, 0.15) is 31.9 Å². The van der Waals surface area contributed by atoms with Gasteiger partial charge in [-0.25, -0.2) is 9.48 Å². The van der Waals surface area contributed by atoms with Crippen LogP contribution in [0.25, 0.3) is 0 Å². The van der Waals surface area contributed by atoms with Crippen LogP contribution in [0.2, 0.25) is 0 Å². The van der Waals surface area contributed by atoms with E-state index in [1.54, 1.807) is 23.7 Å². The lowest BCUT2D eigenvalue weighted by atomic mass is 9.99. The molecule has 3 heterocycles. The van der Waals surface area contributed by atoms with Crippen molar-refractivity contribution in [1.82, 2.24) is 30.4 Å². The number of nitrogens with one attached hydrogen (secondary N) is 1. The summed E-state index contributed by atoms with van der Waals surface area (Å²) in [5.41, 5.74) is -1.20. The normalized spacial score (nSPS) is 21.5. The first-order valence-electron chi connectivity index (χ1n) is 6.99. The van der Waals surface area contributed by atoms with Gasteiger partial charge in [-0.2, -0.15) is 0 Å². The van der Waals surface area contributed by atoms with Crippen LogP contribution in [0.4, 0.5) is 4.79 Å². The number of hydrogen-bond acceptors (Lipinski definition) is 6. The van der Waals surface area contributed by atoms with Gasteiger partial charge in [-0.05, 0) is 35.9 Å². The highest BCUT2D eigenvalue weighted by molar-refractivity contribution is 6.06. The summed E-state index contributed by atoms with van der Waals surface area (Å²) in [7, 11) is 0. The molecule has 1 aliphatic rings. The molecule has 0 spiro atoms. The van der Waals surface area contributed by atoms with Gasteiger partial charge in [-0.15, -0.1) is 5.10 Å². The van der Waals surface area contributed by atoms with Gasteiger partial charge in [0.05, 0.1) is 12.8 Å². The number of aryl methyl sites for hydroxylation is 1. The Kier molecular flexibility index (Phi) is 3.39. The maximum Gasteiger partial charge on any atom is 0.325 e. The Morgan fingerprint density at radius 1 is 1.41 bits per heavy atom. The van der Waals surface area contributed by atoms with Crippen LogP contribution in [0.5, 0.6) is 0 Å². The smallest absolute Gasteiger partial charge is 0.325 e. The molecule has 1 fully saturated rings. The Labute approximate surface area is 126 Å². The summed E-state index contributed by atoms with van der Waals surface area (Å²) in [6.07, 6.45) is 2.31. The minimum absolute atomic E-state index is 0.0218. The molecule has 1 saturated heterocycles. The lowest BCUT2D eigenvalue weighted by molar-refractivity contribution is -0.132. The number of hydrogen-bond donors (Lipinski definition) is 1. The third kappa shape index (κ3) is 2.14. The number of carbonyl (C=O) groups is 2. The van der Waals surface area contributed by atoms with Crippen LogP contribution in [0.15, 0.2) is 22.8 Å². The molecule has 9 heteroatoms. The Morgan fingerprint density at radius 3 is 2.91 bits per heavy atom. The zero-order chi connectivity index (χ0) is 15.7. The molecule has 0 saturated carbocycles. The van der Waals surface area contributed by atoms with E-state index < -0.39 is 17.5 Å². The molecule has 116 valence electrons. The number of imide groups is 1. The third-order valence-electron chi connectivity index (χ3n) is 3.63. The van der Waals surface area contributed by atoms with Crippen LogP contribution in [-0.4, -0.2) is 37.0 Å². The predicted octanol–water partition coefficient (Wildman–Crippen LogP) is 0.643. The zero-order valence-electron chi connectivity index (χ0n) is 12.3. The van der Waals surface area contributed by atoms with Crippen LogP contribution in [0.3, 0.4) is 0 Å². The lowest BCUT2D eigenvalue weighted by Crippen LogP contribution is -2.40. The van der Waals surface area contributed by atoms with Crippen LogP contribution >= 0.6 is 0 Å². The SMILES string of the molecule is CCCn1nnnc1CN1C(=O)N[C@@](C)(c2ccco2)C1=O. The molecule has 0 radical (unpaired) electrons. The van der Waals surface area contributed by atoms with Gasteiger partial charge in [-0.3, -0.25) is 9.69 Å². The number of urea groups is 1. The van der Waals surface area contributed by atoms with Crippen molar-refractivity contribution in [2.45, 2.75) is 38.9 Å². The van der Waals surface area contributed by atoms with Gasteiger partial charge in [-0.1, -0.05) is 6.92 Å². The van der Waals surface area contributed by atoms with Crippen molar-refractivity contribution in [3.05, 3.63) is 30.0 Å². The molecule has 22 heavy (non-hydrogen) atoms. The van der Waals surface area contributed by atoms with Gasteiger partial charge in [0.2, 0.25) is 0 Å². The average Bonchev–Trinajstić information content (AvgIpc) is 3.19. The van der Waals surface area contributed by atoms with E-state index in [0.717, 1.165) is 11.3 Å². The first kappa shape index (κ1) is 14.2. The molecular formula is C13H16N6O3. The third-order valence-corrected chi connectivity index (χ3v) is 3.63. The molecule has 0 aromatic carbocycles. The summed E-state index contributed by atoms with van der Waals surface area (Å²) < 4.78 is 6.86. The Bertz CT molecular complexity index is 694. The van der Waals surface area contributed by atoms with Gasteiger partial charge < -0.3 is 9.73 Å². The van der Waals surface area contributed by atoms with Gasteiger partial charge in [0.15, 0.2) is 11.4 Å². The van der Waals surface area contributed by atoms with E-state index in [1.807, 2.05) is 6.92 Å². The maximum absolute atomic E-state index is 12.6. The zero-order valence-corrected chi connectivity index (χ0v) is 12.3. The fraction of sp³-hybridized carbons (Fsp3) is 0.462. The van der Waals surface area contributed by atoms with E-state index in [1.165, 1.54) is 6.26 Å². The maximum atomic E-state index is 12.6. The molecular weight excluding hydrogens is 288 g/mol. The van der Waals surface area contributed by atoms with E-state index >= 15 is 0 Å². The summed E-state index contributed by atoms with van der Waals surface area (Å²) in [5, 5.41) is 14.0. The Hall–Kier alpha value is -2.71. The fourth-order valence-electron chi connectivity index (χ4n) is 2.43. The first-order valence-corrected chi connectivity index (χ1v) is 6.99. The van der Waals surface area contributed by atoms with Crippen LogP contribution in [0, 0.1) is 0 Å². The molecule has 0 unspecified atom stereocenters. The highest BCUT2D eigenvalue weighted by Gasteiger charge is 2.51. The molecule has 0 bridgehead atoms. The summed E-state index contributed by atoms with van der Waals surface area (Å²) in [6, 6.07) is 2.84. The van der Waals surface area contributed by atoms with Crippen molar-refractivity contribution < 1.29 is 14.0 Å². The second-order valence-electron chi connectivity index (χ2n) is 5.24. The number of nitrogens with zero attached hydrogens (tertiary/aromatic N) is 5. The van der Waals surface area contributed by atoms with Crippen molar-refractivity contribution in [2.24, 2.45) is 0 Å². The lowest BCUT2D eigenvalue weighted by Gasteiger charge is -2.18. The van der Waals surface area contributed by atoms with Crippen LogP contribution < -0.4 is 5.32 Å². The highest BCUT2D eigenvalue weighted by Crippen LogP contribution is 2.29. The van der Waals surface area contributed by atoms with Gasteiger partial charge in [0.25, 0.3) is 5.91 Å². The second-order valence-corrected chi connectivity index (χ2v) is 5.24. The average molecular weight is 304 g/mol. The molecule has 1 aliphatic heterocycles. The molecule has 2 aromatic heterocycles. The number of furan rings is 1. The Morgan fingerprint density at radius 2 is 2.23 bits per heavy atom. The first-order chi connectivity index (χ1) is 10.6. The van der Waals surface area contributed by atoms with Crippen molar-refractivity contribution >= 4 is 11.9 Å². The van der Waals surface area contributed by atoms with Crippen molar-refractivity contribution in [2.75, 3.05) is 0 Å². The molecule has 2 aromatic rings. The standard InChI is InChI=1S/C13H16N6O3/c1-3-6-19-10(15-16-17-19)8-18-11(20)13(2,14-12(18)21)9-5-4-7-22-9/h4-5,7H,3,6,8H2,1-2H3,(H,14,21)/t13-/m0/s1. The van der Waals surface area contributed by atoms with Crippen molar-refractivity contribution in [3.8, 4) is 0 Å². The van der Waals surface area contributed by atoms with E-state index in [9.17, 15) is 9.59 Å². The van der Waals surface area contributed by atoms with E-state index in [4.69, 9.17) is 4.42 Å². The molecule has 3 rings (SSSR count). The second kappa shape index (κ2) is 5.24. The quantitative estimate of drug-likeness (QED) is 0.813.